The molecule has 4 nitrogen and oxygen atoms in total. The number of hydrogen-bond donors (Lipinski definition) is 2. The normalized spacial score (nSPS) is 18.0. The van der Waals surface area contributed by atoms with Gasteiger partial charge in [0.2, 0.25) is 5.91 Å². The molecule has 1 saturated carbocycles. The van der Waals surface area contributed by atoms with Gasteiger partial charge in [-0.05, 0) is 37.0 Å². The maximum Gasteiger partial charge on any atom is 0.222 e. The third-order valence-corrected chi connectivity index (χ3v) is 3.97. The van der Waals surface area contributed by atoms with Crippen LogP contribution in [-0.2, 0) is 11.3 Å². The summed E-state index contributed by atoms with van der Waals surface area (Å²) in [5.74, 6) is 0.0561. The SMILES string of the molecule is Cc1cnccc1CNC(=O)CC1(N)CCCCC1. The molecule has 4 heteroatoms. The van der Waals surface area contributed by atoms with E-state index in [0.717, 1.165) is 36.8 Å². The standard InChI is InChI=1S/C15H23N3O/c1-12-10-17-8-5-13(12)11-18-14(19)9-15(16)6-3-2-4-7-15/h5,8,10H,2-4,6-7,9,11,16H2,1H3,(H,18,19). The van der Waals surface area contributed by atoms with Crippen molar-refractivity contribution >= 4 is 5.91 Å². The van der Waals surface area contributed by atoms with E-state index in [1.54, 1.807) is 6.20 Å². The van der Waals surface area contributed by atoms with Crippen LogP contribution >= 0.6 is 0 Å². The highest BCUT2D eigenvalue weighted by molar-refractivity contribution is 5.77. The van der Waals surface area contributed by atoms with Crippen LogP contribution in [0.25, 0.3) is 0 Å². The van der Waals surface area contributed by atoms with Crippen molar-refractivity contribution in [3.8, 4) is 0 Å². The number of nitrogens with one attached hydrogen (secondary N) is 1. The third kappa shape index (κ3) is 4.03. The smallest absolute Gasteiger partial charge is 0.222 e. The Morgan fingerprint density at radius 1 is 1.42 bits per heavy atom. The fourth-order valence-corrected chi connectivity index (χ4v) is 2.71. The molecule has 1 aliphatic carbocycles. The summed E-state index contributed by atoms with van der Waals surface area (Å²) >= 11 is 0. The fraction of sp³-hybridized carbons (Fsp3) is 0.600. The number of nitrogens with two attached hydrogens (primary N) is 1. The van der Waals surface area contributed by atoms with Gasteiger partial charge in [0.05, 0.1) is 0 Å². The lowest BCUT2D eigenvalue weighted by atomic mass is 9.80. The lowest BCUT2D eigenvalue weighted by molar-refractivity contribution is -0.122. The molecule has 0 atom stereocenters. The summed E-state index contributed by atoms with van der Waals surface area (Å²) in [6.07, 6.45) is 9.48. The summed E-state index contributed by atoms with van der Waals surface area (Å²) in [5.41, 5.74) is 8.22. The van der Waals surface area contributed by atoms with Crippen LogP contribution in [0.1, 0.15) is 49.7 Å². The van der Waals surface area contributed by atoms with E-state index in [0.29, 0.717) is 13.0 Å². The Balaban J connectivity index is 1.83. The van der Waals surface area contributed by atoms with Crippen LogP contribution in [0.15, 0.2) is 18.5 Å². The van der Waals surface area contributed by atoms with E-state index in [1.807, 2.05) is 19.2 Å². The van der Waals surface area contributed by atoms with Gasteiger partial charge in [0.15, 0.2) is 0 Å². The van der Waals surface area contributed by atoms with E-state index in [9.17, 15) is 4.79 Å². The number of pyridine rings is 1. The zero-order valence-electron chi connectivity index (χ0n) is 11.6. The Hall–Kier alpha value is -1.42. The second kappa shape index (κ2) is 6.15. The van der Waals surface area contributed by atoms with Crippen LogP contribution in [0.5, 0.6) is 0 Å². The van der Waals surface area contributed by atoms with E-state index in [-0.39, 0.29) is 11.4 Å². The predicted octanol–water partition coefficient (Wildman–Crippen LogP) is 2.06. The van der Waals surface area contributed by atoms with Crippen molar-refractivity contribution in [1.29, 1.82) is 0 Å². The Kier molecular flexibility index (Phi) is 4.53. The number of aryl methyl sites for hydroxylation is 1. The van der Waals surface area contributed by atoms with Crippen molar-refractivity contribution in [3.05, 3.63) is 29.6 Å². The Morgan fingerprint density at radius 2 is 2.16 bits per heavy atom. The number of aromatic nitrogens is 1. The molecule has 1 aromatic rings. The molecule has 0 aromatic carbocycles. The van der Waals surface area contributed by atoms with Crippen LogP contribution in [0.2, 0.25) is 0 Å². The van der Waals surface area contributed by atoms with Gasteiger partial charge in [-0.2, -0.15) is 0 Å². The highest BCUT2D eigenvalue weighted by Gasteiger charge is 2.29. The Bertz CT molecular complexity index is 439. The molecule has 0 saturated heterocycles. The first-order chi connectivity index (χ1) is 9.09. The topological polar surface area (TPSA) is 68.0 Å². The first-order valence-electron chi connectivity index (χ1n) is 7.04. The van der Waals surface area contributed by atoms with Crippen molar-refractivity contribution in [1.82, 2.24) is 10.3 Å². The summed E-state index contributed by atoms with van der Waals surface area (Å²) in [6, 6.07) is 1.94. The minimum absolute atomic E-state index is 0.0561. The van der Waals surface area contributed by atoms with Gasteiger partial charge in [-0.25, -0.2) is 0 Å². The van der Waals surface area contributed by atoms with E-state index in [4.69, 9.17) is 5.73 Å². The van der Waals surface area contributed by atoms with E-state index < -0.39 is 0 Å². The van der Waals surface area contributed by atoms with E-state index in [2.05, 4.69) is 10.3 Å². The van der Waals surface area contributed by atoms with Crippen molar-refractivity contribution in [2.24, 2.45) is 5.73 Å². The highest BCUT2D eigenvalue weighted by atomic mass is 16.1. The van der Waals surface area contributed by atoms with Crippen LogP contribution in [-0.4, -0.2) is 16.4 Å². The van der Waals surface area contributed by atoms with Gasteiger partial charge in [-0.3, -0.25) is 9.78 Å². The molecule has 104 valence electrons. The number of rotatable bonds is 4. The fourth-order valence-electron chi connectivity index (χ4n) is 2.71. The third-order valence-electron chi connectivity index (χ3n) is 3.97. The van der Waals surface area contributed by atoms with Crippen molar-refractivity contribution in [3.63, 3.8) is 0 Å². The molecule has 0 aliphatic heterocycles. The van der Waals surface area contributed by atoms with Crippen molar-refractivity contribution in [2.45, 2.75) is 57.5 Å². The van der Waals surface area contributed by atoms with Crippen molar-refractivity contribution < 1.29 is 4.79 Å². The first-order valence-corrected chi connectivity index (χ1v) is 7.04. The lowest BCUT2D eigenvalue weighted by Crippen LogP contribution is -2.45. The average Bonchev–Trinajstić information content (AvgIpc) is 2.38. The van der Waals surface area contributed by atoms with Gasteiger partial charge in [-0.1, -0.05) is 19.3 Å². The second-order valence-corrected chi connectivity index (χ2v) is 5.68. The molecule has 1 heterocycles. The summed E-state index contributed by atoms with van der Waals surface area (Å²) in [5, 5.41) is 2.97. The Morgan fingerprint density at radius 3 is 2.84 bits per heavy atom. The largest absolute Gasteiger partial charge is 0.352 e. The molecule has 1 aromatic heterocycles. The molecule has 1 aliphatic rings. The van der Waals surface area contributed by atoms with Crippen LogP contribution in [0.4, 0.5) is 0 Å². The maximum atomic E-state index is 12.0. The molecular weight excluding hydrogens is 238 g/mol. The number of carbonyl (C=O) groups is 1. The van der Waals surface area contributed by atoms with Crippen LogP contribution < -0.4 is 11.1 Å². The number of carbonyl (C=O) groups excluding carboxylic acids is 1. The quantitative estimate of drug-likeness (QED) is 0.871. The molecule has 19 heavy (non-hydrogen) atoms. The molecule has 1 amide bonds. The van der Waals surface area contributed by atoms with Gasteiger partial charge in [-0.15, -0.1) is 0 Å². The monoisotopic (exact) mass is 261 g/mol. The molecule has 0 spiro atoms. The maximum absolute atomic E-state index is 12.0. The summed E-state index contributed by atoms with van der Waals surface area (Å²) < 4.78 is 0. The second-order valence-electron chi connectivity index (χ2n) is 5.68. The average molecular weight is 261 g/mol. The summed E-state index contributed by atoms with van der Waals surface area (Å²) in [7, 11) is 0. The van der Waals surface area contributed by atoms with Gasteiger partial charge in [0.25, 0.3) is 0 Å². The van der Waals surface area contributed by atoms with E-state index in [1.165, 1.54) is 6.42 Å². The Labute approximate surface area is 114 Å². The number of hydrogen-bond acceptors (Lipinski definition) is 3. The zero-order chi connectivity index (χ0) is 13.7. The lowest BCUT2D eigenvalue weighted by Gasteiger charge is -2.32. The molecule has 0 unspecified atom stereocenters. The van der Waals surface area contributed by atoms with Gasteiger partial charge >= 0.3 is 0 Å². The first kappa shape index (κ1) is 14.0. The van der Waals surface area contributed by atoms with Crippen LogP contribution in [0, 0.1) is 6.92 Å². The number of nitrogens with zero attached hydrogens (tertiary/aromatic N) is 1. The predicted molar refractivity (Wildman–Crippen MR) is 75.4 cm³/mol. The summed E-state index contributed by atoms with van der Waals surface area (Å²) in [6.45, 7) is 2.56. The summed E-state index contributed by atoms with van der Waals surface area (Å²) in [4.78, 5) is 16.0. The van der Waals surface area contributed by atoms with Gasteiger partial charge in [0.1, 0.15) is 0 Å². The van der Waals surface area contributed by atoms with Gasteiger partial charge in [0, 0.05) is 30.9 Å². The molecule has 1 fully saturated rings. The molecule has 0 radical (unpaired) electrons. The minimum Gasteiger partial charge on any atom is -0.352 e. The van der Waals surface area contributed by atoms with E-state index >= 15 is 0 Å². The zero-order valence-corrected chi connectivity index (χ0v) is 11.6. The minimum atomic E-state index is -0.282. The molecule has 3 N–H and O–H groups in total. The molecule has 2 rings (SSSR count). The number of amides is 1. The molecule has 0 bridgehead atoms. The van der Waals surface area contributed by atoms with Crippen LogP contribution in [0.3, 0.4) is 0 Å². The highest BCUT2D eigenvalue weighted by Crippen LogP contribution is 2.28. The van der Waals surface area contributed by atoms with Crippen molar-refractivity contribution in [2.75, 3.05) is 0 Å². The molecular formula is C15H23N3O. The van der Waals surface area contributed by atoms with Gasteiger partial charge < -0.3 is 11.1 Å².